The van der Waals surface area contributed by atoms with Crippen molar-refractivity contribution >= 4 is 0 Å². The summed E-state index contributed by atoms with van der Waals surface area (Å²) in [5.41, 5.74) is 0.731. The van der Waals surface area contributed by atoms with E-state index in [0.29, 0.717) is 29.1 Å². The summed E-state index contributed by atoms with van der Waals surface area (Å²) in [6.07, 6.45) is 1.34. The van der Waals surface area contributed by atoms with E-state index in [9.17, 15) is 9.90 Å². The third-order valence-corrected chi connectivity index (χ3v) is 2.97. The minimum atomic E-state index is -0.297. The number of hydrogen-bond donors (Lipinski definition) is 2. The molecule has 0 saturated carbocycles. The number of nitrogens with zero attached hydrogens (tertiary/aromatic N) is 1. The Morgan fingerprint density at radius 2 is 2.14 bits per heavy atom. The van der Waals surface area contributed by atoms with E-state index >= 15 is 0 Å². The molecule has 2 N–H and O–H groups in total. The fourth-order valence-corrected chi connectivity index (χ4v) is 2.09. The van der Waals surface area contributed by atoms with Crippen LogP contribution >= 0.6 is 0 Å². The number of hydrogen-bond acceptors (Lipinski definition) is 4. The molecular formula is C16H20N2O3. The average molecular weight is 288 g/mol. The van der Waals surface area contributed by atoms with E-state index in [2.05, 4.69) is 9.97 Å². The first-order valence-electron chi connectivity index (χ1n) is 7.10. The lowest BCUT2D eigenvalue weighted by atomic mass is 10.1. The predicted octanol–water partition coefficient (Wildman–Crippen LogP) is 2.88. The highest BCUT2D eigenvalue weighted by molar-refractivity contribution is 5.58. The van der Waals surface area contributed by atoms with Crippen molar-refractivity contribution in [3.8, 4) is 23.0 Å². The molecule has 0 atom stereocenters. The number of ether oxygens (including phenoxy) is 1. The molecule has 0 spiro atoms. The summed E-state index contributed by atoms with van der Waals surface area (Å²) in [6, 6.07) is 7.26. The van der Waals surface area contributed by atoms with E-state index < -0.39 is 0 Å². The maximum atomic E-state index is 12.0. The fourth-order valence-electron chi connectivity index (χ4n) is 2.09. The molecule has 2 aromatic rings. The topological polar surface area (TPSA) is 75.2 Å². The van der Waals surface area contributed by atoms with E-state index in [1.54, 1.807) is 6.07 Å². The van der Waals surface area contributed by atoms with Crippen molar-refractivity contribution in [2.45, 2.75) is 39.7 Å². The van der Waals surface area contributed by atoms with E-state index in [1.807, 2.05) is 39.0 Å². The van der Waals surface area contributed by atoms with Crippen molar-refractivity contribution in [2.75, 3.05) is 0 Å². The largest absolute Gasteiger partial charge is 0.493 e. The molecule has 1 aromatic carbocycles. The zero-order valence-corrected chi connectivity index (χ0v) is 12.5. The standard InChI is InChI=1S/C16H20N2O3/c1-4-6-13-15(19)17-14(18-16(13)20)11-7-5-8-12(9-11)21-10(2)3/h5,7-10H,4,6H2,1-3H3,(H2,17,18,19,20). The van der Waals surface area contributed by atoms with Crippen LogP contribution in [0.5, 0.6) is 11.6 Å². The molecule has 2 rings (SSSR count). The molecule has 5 heteroatoms. The number of aromatic hydroxyl groups is 1. The number of benzene rings is 1. The molecule has 0 fully saturated rings. The molecule has 21 heavy (non-hydrogen) atoms. The number of rotatable bonds is 5. The Labute approximate surface area is 123 Å². The van der Waals surface area contributed by atoms with Crippen LogP contribution in [0.1, 0.15) is 32.8 Å². The molecule has 0 aliphatic rings. The third-order valence-electron chi connectivity index (χ3n) is 2.97. The monoisotopic (exact) mass is 288 g/mol. The van der Waals surface area contributed by atoms with E-state index in [4.69, 9.17) is 4.74 Å². The smallest absolute Gasteiger partial charge is 0.258 e. The van der Waals surface area contributed by atoms with Crippen molar-refractivity contribution in [1.29, 1.82) is 0 Å². The van der Waals surface area contributed by atoms with Crippen molar-refractivity contribution in [3.63, 3.8) is 0 Å². The molecule has 0 aliphatic carbocycles. The quantitative estimate of drug-likeness (QED) is 0.887. The van der Waals surface area contributed by atoms with E-state index in [1.165, 1.54) is 0 Å². The third kappa shape index (κ3) is 3.62. The molecule has 0 amide bonds. The van der Waals surface area contributed by atoms with Gasteiger partial charge in [-0.15, -0.1) is 0 Å². The molecular weight excluding hydrogens is 268 g/mol. The number of H-pyrrole nitrogens is 1. The fraction of sp³-hybridized carbons (Fsp3) is 0.375. The van der Waals surface area contributed by atoms with Crippen LogP contribution in [-0.2, 0) is 6.42 Å². The van der Waals surface area contributed by atoms with Crippen LogP contribution < -0.4 is 10.3 Å². The van der Waals surface area contributed by atoms with E-state index in [0.717, 1.165) is 6.42 Å². The highest BCUT2D eigenvalue weighted by Crippen LogP contribution is 2.23. The molecule has 5 nitrogen and oxygen atoms in total. The van der Waals surface area contributed by atoms with Gasteiger partial charge < -0.3 is 14.8 Å². The SMILES string of the molecule is CCCc1c(O)nc(-c2cccc(OC(C)C)c2)[nH]c1=O. The Kier molecular flexibility index (Phi) is 4.62. The van der Waals surface area contributed by atoms with Gasteiger partial charge in [-0.05, 0) is 32.4 Å². The van der Waals surface area contributed by atoms with Crippen molar-refractivity contribution in [1.82, 2.24) is 9.97 Å². The van der Waals surface area contributed by atoms with Gasteiger partial charge in [0.15, 0.2) is 0 Å². The second-order valence-electron chi connectivity index (χ2n) is 5.16. The molecule has 1 aromatic heterocycles. The number of nitrogens with one attached hydrogen (secondary N) is 1. The van der Waals surface area contributed by atoms with Crippen LogP contribution in [0.25, 0.3) is 11.4 Å². The van der Waals surface area contributed by atoms with Crippen molar-refractivity contribution in [3.05, 3.63) is 40.2 Å². The van der Waals surface area contributed by atoms with Gasteiger partial charge in [0, 0.05) is 5.56 Å². The van der Waals surface area contributed by atoms with Gasteiger partial charge >= 0.3 is 0 Å². The predicted molar refractivity (Wildman–Crippen MR) is 81.7 cm³/mol. The van der Waals surface area contributed by atoms with Gasteiger partial charge in [0.05, 0.1) is 11.7 Å². The normalized spacial score (nSPS) is 10.9. The lowest BCUT2D eigenvalue weighted by Gasteiger charge is -2.11. The summed E-state index contributed by atoms with van der Waals surface area (Å²) < 4.78 is 5.62. The molecule has 0 unspecified atom stereocenters. The van der Waals surface area contributed by atoms with Crippen LogP contribution in [0, 0.1) is 0 Å². The Balaban J connectivity index is 2.41. The molecule has 0 aliphatic heterocycles. The van der Waals surface area contributed by atoms with Crippen LogP contribution in [0.2, 0.25) is 0 Å². The van der Waals surface area contributed by atoms with Gasteiger partial charge in [-0.25, -0.2) is 0 Å². The lowest BCUT2D eigenvalue weighted by Crippen LogP contribution is -2.15. The summed E-state index contributed by atoms with van der Waals surface area (Å²) >= 11 is 0. The summed E-state index contributed by atoms with van der Waals surface area (Å²) in [5, 5.41) is 9.92. The second kappa shape index (κ2) is 6.43. The van der Waals surface area contributed by atoms with E-state index in [-0.39, 0.29) is 17.5 Å². The second-order valence-corrected chi connectivity index (χ2v) is 5.16. The van der Waals surface area contributed by atoms with Gasteiger partial charge in [-0.3, -0.25) is 4.79 Å². The summed E-state index contributed by atoms with van der Waals surface area (Å²) in [6.45, 7) is 5.83. The minimum absolute atomic E-state index is 0.0626. The molecule has 1 heterocycles. The Morgan fingerprint density at radius 3 is 2.76 bits per heavy atom. The molecule has 112 valence electrons. The van der Waals surface area contributed by atoms with Crippen LogP contribution in [0.15, 0.2) is 29.1 Å². The first kappa shape index (κ1) is 15.1. The highest BCUT2D eigenvalue weighted by Gasteiger charge is 2.11. The van der Waals surface area contributed by atoms with Crippen LogP contribution in [0.4, 0.5) is 0 Å². The van der Waals surface area contributed by atoms with Crippen LogP contribution in [-0.4, -0.2) is 21.2 Å². The first-order valence-corrected chi connectivity index (χ1v) is 7.10. The molecule has 0 bridgehead atoms. The zero-order chi connectivity index (χ0) is 15.4. The Hall–Kier alpha value is -2.30. The number of aromatic amines is 1. The minimum Gasteiger partial charge on any atom is -0.493 e. The van der Waals surface area contributed by atoms with Crippen molar-refractivity contribution < 1.29 is 9.84 Å². The highest BCUT2D eigenvalue weighted by atomic mass is 16.5. The van der Waals surface area contributed by atoms with Crippen molar-refractivity contribution in [2.24, 2.45) is 0 Å². The lowest BCUT2D eigenvalue weighted by molar-refractivity contribution is 0.242. The molecule has 0 saturated heterocycles. The van der Waals surface area contributed by atoms with Gasteiger partial charge in [0.25, 0.3) is 5.56 Å². The first-order chi connectivity index (χ1) is 10.0. The van der Waals surface area contributed by atoms with Gasteiger partial charge in [0.2, 0.25) is 5.88 Å². The maximum Gasteiger partial charge on any atom is 0.258 e. The summed E-state index contributed by atoms with van der Waals surface area (Å²) in [4.78, 5) is 18.8. The number of aromatic nitrogens is 2. The maximum absolute atomic E-state index is 12.0. The summed E-state index contributed by atoms with van der Waals surface area (Å²) in [5.74, 6) is 0.833. The van der Waals surface area contributed by atoms with Gasteiger partial charge in [-0.1, -0.05) is 25.5 Å². The van der Waals surface area contributed by atoms with Gasteiger partial charge in [-0.2, -0.15) is 4.98 Å². The average Bonchev–Trinajstić information content (AvgIpc) is 2.42. The summed E-state index contributed by atoms with van der Waals surface area (Å²) in [7, 11) is 0. The van der Waals surface area contributed by atoms with Gasteiger partial charge in [0.1, 0.15) is 11.6 Å². The Morgan fingerprint density at radius 1 is 1.38 bits per heavy atom. The molecule has 0 radical (unpaired) electrons. The van der Waals surface area contributed by atoms with Crippen LogP contribution in [0.3, 0.4) is 0 Å². The zero-order valence-electron chi connectivity index (χ0n) is 12.5. The Bertz CT molecular complexity index is 677.